The van der Waals surface area contributed by atoms with Crippen LogP contribution in [0.5, 0.6) is 0 Å². The van der Waals surface area contributed by atoms with Gasteiger partial charge in [0.25, 0.3) is 0 Å². The van der Waals surface area contributed by atoms with Gasteiger partial charge in [-0.1, -0.05) is 15.9 Å². The van der Waals surface area contributed by atoms with Gasteiger partial charge in [-0.05, 0) is 24.3 Å². The Morgan fingerprint density at radius 3 is 1.90 bits per heavy atom. The van der Waals surface area contributed by atoms with Gasteiger partial charge in [-0.2, -0.15) is 26.3 Å². The summed E-state index contributed by atoms with van der Waals surface area (Å²) in [6, 6.07) is 3.60. The van der Waals surface area contributed by atoms with Crippen LogP contribution in [0.4, 0.5) is 26.3 Å². The first-order valence-corrected chi connectivity index (χ1v) is 5.92. The summed E-state index contributed by atoms with van der Waals surface area (Å²) in [5, 5.41) is 0. The first-order chi connectivity index (χ1) is 9.10. The van der Waals surface area contributed by atoms with Crippen LogP contribution in [-0.4, -0.2) is 0 Å². The molecule has 0 aliphatic heterocycles. The lowest BCUT2D eigenvalue weighted by Crippen LogP contribution is -2.16. The molecule has 2 aromatic rings. The summed E-state index contributed by atoms with van der Waals surface area (Å²) in [4.78, 5) is 0. The van der Waals surface area contributed by atoms with Crippen LogP contribution in [0.1, 0.15) is 11.1 Å². The molecule has 0 saturated heterocycles. The average Bonchev–Trinajstić information content (AvgIpc) is 2.79. The molecule has 1 heterocycles. The van der Waals surface area contributed by atoms with Crippen molar-refractivity contribution in [2.45, 2.75) is 12.4 Å². The summed E-state index contributed by atoms with van der Waals surface area (Å²) in [5.74, 6) is 0.0381. The van der Waals surface area contributed by atoms with E-state index in [9.17, 15) is 26.3 Å². The van der Waals surface area contributed by atoms with Gasteiger partial charge in [0.05, 0.1) is 17.4 Å². The minimum atomic E-state index is -5.12. The molecule has 0 spiro atoms. The molecule has 1 nitrogen and oxygen atoms in total. The molecule has 1 aromatic heterocycles. The molecule has 0 fully saturated rings. The maximum Gasteiger partial charge on any atom is 0.417 e. The van der Waals surface area contributed by atoms with Gasteiger partial charge in [-0.3, -0.25) is 0 Å². The van der Waals surface area contributed by atoms with Gasteiger partial charge in [-0.25, -0.2) is 0 Å². The maximum atomic E-state index is 12.8. The molecule has 0 atom stereocenters. The molecule has 0 N–H and O–H groups in total. The molecule has 0 bridgehead atoms. The Kier molecular flexibility index (Phi) is 3.62. The van der Waals surface area contributed by atoms with Gasteiger partial charge >= 0.3 is 12.4 Å². The summed E-state index contributed by atoms with van der Waals surface area (Å²) < 4.78 is 81.2. The first kappa shape index (κ1) is 15.0. The fourth-order valence-electron chi connectivity index (χ4n) is 1.66. The highest BCUT2D eigenvalue weighted by atomic mass is 79.9. The van der Waals surface area contributed by atoms with Crippen molar-refractivity contribution in [3.05, 3.63) is 46.1 Å². The fourth-order valence-corrected chi connectivity index (χ4v) is 2.20. The summed E-state index contributed by atoms with van der Waals surface area (Å²) in [5.41, 5.74) is -3.60. The van der Waals surface area contributed by atoms with E-state index in [-0.39, 0.29) is 15.8 Å². The van der Waals surface area contributed by atoms with Crippen molar-refractivity contribution in [1.29, 1.82) is 0 Å². The van der Waals surface area contributed by atoms with E-state index < -0.39 is 23.5 Å². The molecule has 0 radical (unpaired) electrons. The molecular weight excluding hydrogens is 354 g/mol. The van der Waals surface area contributed by atoms with Gasteiger partial charge in [-0.15, -0.1) is 0 Å². The first-order valence-electron chi connectivity index (χ1n) is 5.12. The Morgan fingerprint density at radius 2 is 1.45 bits per heavy atom. The number of furan rings is 1. The molecule has 0 unspecified atom stereocenters. The predicted molar refractivity (Wildman–Crippen MR) is 61.8 cm³/mol. The zero-order valence-electron chi connectivity index (χ0n) is 9.44. The van der Waals surface area contributed by atoms with Crippen molar-refractivity contribution in [2.24, 2.45) is 0 Å². The van der Waals surface area contributed by atoms with Crippen molar-refractivity contribution in [3.63, 3.8) is 0 Å². The van der Waals surface area contributed by atoms with Crippen LogP contribution in [-0.2, 0) is 12.4 Å². The van der Waals surface area contributed by atoms with Crippen LogP contribution in [0, 0.1) is 0 Å². The minimum Gasteiger partial charge on any atom is -0.464 e. The van der Waals surface area contributed by atoms with E-state index in [1.165, 1.54) is 18.4 Å². The van der Waals surface area contributed by atoms with Gasteiger partial charge in [0.1, 0.15) is 5.76 Å². The number of hydrogen-bond acceptors (Lipinski definition) is 1. The molecule has 1 aromatic carbocycles. The Balaban J connectivity index is 2.72. The minimum absolute atomic E-state index is 0.0381. The maximum absolute atomic E-state index is 12.8. The third-order valence-electron chi connectivity index (χ3n) is 2.50. The Morgan fingerprint density at radius 1 is 0.900 bits per heavy atom. The second-order valence-corrected chi connectivity index (χ2v) is 4.70. The van der Waals surface area contributed by atoms with E-state index in [4.69, 9.17) is 4.42 Å². The summed E-state index contributed by atoms with van der Waals surface area (Å²) in [6.45, 7) is 0. The molecule has 0 aliphatic carbocycles. The summed E-state index contributed by atoms with van der Waals surface area (Å²) >= 11 is 2.83. The monoisotopic (exact) mass is 358 g/mol. The average molecular weight is 359 g/mol. The zero-order valence-corrected chi connectivity index (χ0v) is 11.0. The van der Waals surface area contributed by atoms with E-state index in [0.717, 1.165) is 0 Å². The van der Waals surface area contributed by atoms with Crippen molar-refractivity contribution in [3.8, 4) is 11.3 Å². The number of rotatable bonds is 1. The number of halogens is 7. The van der Waals surface area contributed by atoms with Gasteiger partial charge in [0, 0.05) is 10.0 Å². The molecule has 0 saturated carbocycles. The van der Waals surface area contributed by atoms with E-state index in [0.29, 0.717) is 12.1 Å². The zero-order chi connectivity index (χ0) is 15.1. The van der Waals surface area contributed by atoms with Gasteiger partial charge < -0.3 is 4.42 Å². The van der Waals surface area contributed by atoms with Crippen LogP contribution in [0.15, 0.2) is 39.4 Å². The molecule has 20 heavy (non-hydrogen) atoms. The number of benzene rings is 1. The molecule has 2 rings (SSSR count). The quantitative estimate of drug-likeness (QED) is 0.592. The molecule has 0 amide bonds. The SMILES string of the molecule is FC(F)(F)c1cc(Br)c(-c2ccco2)cc1C(F)(F)F. The predicted octanol–water partition coefficient (Wildman–Crippen LogP) is 5.75. The van der Waals surface area contributed by atoms with Gasteiger partial charge in [0.2, 0.25) is 0 Å². The number of hydrogen-bond donors (Lipinski definition) is 0. The number of alkyl halides is 6. The van der Waals surface area contributed by atoms with Crippen LogP contribution >= 0.6 is 15.9 Å². The highest BCUT2D eigenvalue weighted by Gasteiger charge is 2.43. The van der Waals surface area contributed by atoms with Crippen LogP contribution in [0.2, 0.25) is 0 Å². The van der Waals surface area contributed by atoms with E-state index in [2.05, 4.69) is 15.9 Å². The van der Waals surface area contributed by atoms with Crippen molar-refractivity contribution < 1.29 is 30.8 Å². The Bertz CT molecular complexity index is 612. The molecule has 0 aliphatic rings. The van der Waals surface area contributed by atoms with Crippen LogP contribution < -0.4 is 0 Å². The largest absolute Gasteiger partial charge is 0.464 e. The normalized spacial score (nSPS) is 12.8. The lowest BCUT2D eigenvalue weighted by Gasteiger charge is -2.17. The Hall–Kier alpha value is -1.44. The second-order valence-electron chi connectivity index (χ2n) is 3.85. The Labute approximate surface area is 117 Å². The lowest BCUT2D eigenvalue weighted by molar-refractivity contribution is -0.162. The standard InChI is InChI=1S/C12H5BrF6O/c13-9-5-8(12(17,18)19)7(11(14,15)16)4-6(9)10-2-1-3-20-10/h1-5H. The fraction of sp³-hybridized carbons (Fsp3) is 0.167. The van der Waals surface area contributed by atoms with E-state index >= 15 is 0 Å². The summed E-state index contributed by atoms with van der Waals surface area (Å²) in [7, 11) is 0. The highest BCUT2D eigenvalue weighted by Crippen LogP contribution is 2.44. The lowest BCUT2D eigenvalue weighted by atomic mass is 10.0. The smallest absolute Gasteiger partial charge is 0.417 e. The molecule has 8 heteroatoms. The second kappa shape index (κ2) is 4.83. The highest BCUT2D eigenvalue weighted by molar-refractivity contribution is 9.10. The topological polar surface area (TPSA) is 13.1 Å². The van der Waals surface area contributed by atoms with Crippen molar-refractivity contribution in [1.82, 2.24) is 0 Å². The van der Waals surface area contributed by atoms with E-state index in [1.807, 2.05) is 0 Å². The van der Waals surface area contributed by atoms with Crippen LogP contribution in [0.25, 0.3) is 11.3 Å². The van der Waals surface area contributed by atoms with E-state index in [1.54, 1.807) is 0 Å². The molecular formula is C12H5BrF6O. The van der Waals surface area contributed by atoms with Crippen molar-refractivity contribution >= 4 is 15.9 Å². The van der Waals surface area contributed by atoms with Crippen LogP contribution in [0.3, 0.4) is 0 Å². The van der Waals surface area contributed by atoms with Crippen molar-refractivity contribution in [2.75, 3.05) is 0 Å². The third kappa shape index (κ3) is 2.84. The third-order valence-corrected chi connectivity index (χ3v) is 3.16. The van der Waals surface area contributed by atoms with Gasteiger partial charge in [0.15, 0.2) is 0 Å². The summed E-state index contributed by atoms with van der Waals surface area (Å²) in [6.07, 6.45) is -9.01. The molecule has 108 valence electrons.